The number of carbonyl (C=O) groups excluding carboxylic acids is 1. The van der Waals surface area contributed by atoms with Gasteiger partial charge in [0.05, 0.1) is 11.5 Å². The molecule has 1 aromatic carbocycles. The molecule has 1 amide bonds. The second kappa shape index (κ2) is 6.26. The maximum Gasteiger partial charge on any atom is 0.314 e. The molecule has 0 aromatic heterocycles. The van der Waals surface area contributed by atoms with Crippen molar-refractivity contribution in [1.29, 1.82) is 0 Å². The lowest BCUT2D eigenvalue weighted by molar-refractivity contribution is -0.140. The monoisotopic (exact) mass is 290 g/mol. The highest BCUT2D eigenvalue weighted by atomic mass is 16.4. The number of amides is 1. The van der Waals surface area contributed by atoms with E-state index in [-0.39, 0.29) is 5.91 Å². The number of nitrogens with one attached hydrogen (secondary N) is 1. The van der Waals surface area contributed by atoms with Crippen molar-refractivity contribution in [2.45, 2.75) is 50.5 Å². The lowest BCUT2D eigenvalue weighted by Gasteiger charge is -2.13. The van der Waals surface area contributed by atoms with Gasteiger partial charge in [-0.1, -0.05) is 31.9 Å². The Morgan fingerprint density at radius 2 is 1.95 bits per heavy atom. The summed E-state index contributed by atoms with van der Waals surface area (Å²) in [7, 11) is 0. The van der Waals surface area contributed by atoms with E-state index in [9.17, 15) is 14.7 Å². The topological polar surface area (TPSA) is 92.4 Å². The van der Waals surface area contributed by atoms with Crippen LogP contribution in [0.25, 0.3) is 0 Å². The van der Waals surface area contributed by atoms with Crippen LogP contribution in [0.1, 0.15) is 44.6 Å². The van der Waals surface area contributed by atoms with Crippen molar-refractivity contribution in [2.24, 2.45) is 5.73 Å². The van der Waals surface area contributed by atoms with Gasteiger partial charge in [0.25, 0.3) is 0 Å². The van der Waals surface area contributed by atoms with E-state index >= 15 is 0 Å². The molecule has 5 nitrogen and oxygen atoms in total. The van der Waals surface area contributed by atoms with Gasteiger partial charge < -0.3 is 16.2 Å². The fourth-order valence-electron chi connectivity index (χ4n) is 2.41. The summed E-state index contributed by atoms with van der Waals surface area (Å²) in [5.74, 6) is -0.976. The number of rotatable bonds is 7. The van der Waals surface area contributed by atoms with E-state index < -0.39 is 17.4 Å². The Bertz CT molecular complexity index is 521. The number of carbonyl (C=O) groups is 2. The number of aliphatic carboxylic acids is 1. The quantitative estimate of drug-likeness (QED) is 0.718. The summed E-state index contributed by atoms with van der Waals surface area (Å²) in [6, 6.07) is 6.52. The van der Waals surface area contributed by atoms with Crippen LogP contribution < -0.4 is 11.1 Å². The third-order valence-corrected chi connectivity index (χ3v) is 4.07. The Balaban J connectivity index is 1.97. The van der Waals surface area contributed by atoms with Crippen LogP contribution in [0.3, 0.4) is 0 Å². The molecular weight excluding hydrogens is 268 g/mol. The minimum Gasteiger partial charge on any atom is -0.481 e. The second-order valence-corrected chi connectivity index (χ2v) is 5.70. The Labute approximate surface area is 124 Å². The number of carboxylic acid groups (broad SMARTS) is 1. The third-order valence-electron chi connectivity index (χ3n) is 4.07. The Hall–Kier alpha value is -1.88. The predicted molar refractivity (Wildman–Crippen MR) is 81.1 cm³/mol. The number of unbranched alkanes of at least 4 members (excludes halogenated alkanes) is 1. The normalized spacial score (nSPS) is 17.0. The molecule has 0 aliphatic heterocycles. The third kappa shape index (κ3) is 3.42. The summed E-state index contributed by atoms with van der Waals surface area (Å²) in [4.78, 5) is 23.1. The van der Waals surface area contributed by atoms with Gasteiger partial charge >= 0.3 is 5.97 Å². The fraction of sp³-hybridized carbons (Fsp3) is 0.500. The molecule has 1 aromatic rings. The van der Waals surface area contributed by atoms with Crippen molar-refractivity contribution in [3.8, 4) is 0 Å². The molecule has 0 bridgehead atoms. The van der Waals surface area contributed by atoms with Gasteiger partial charge in [-0.3, -0.25) is 9.59 Å². The number of anilines is 1. The van der Waals surface area contributed by atoms with Crippen LogP contribution in [-0.4, -0.2) is 23.0 Å². The molecule has 1 aliphatic carbocycles. The highest BCUT2D eigenvalue weighted by Crippen LogP contribution is 2.48. The Morgan fingerprint density at radius 1 is 1.33 bits per heavy atom. The van der Waals surface area contributed by atoms with Gasteiger partial charge in [0.2, 0.25) is 5.91 Å². The summed E-state index contributed by atoms with van der Waals surface area (Å²) < 4.78 is 0. The summed E-state index contributed by atoms with van der Waals surface area (Å²) >= 11 is 0. The average Bonchev–Trinajstić information content (AvgIpc) is 3.27. The van der Waals surface area contributed by atoms with E-state index in [2.05, 4.69) is 12.2 Å². The number of benzene rings is 1. The van der Waals surface area contributed by atoms with E-state index in [0.717, 1.165) is 18.4 Å². The molecule has 2 rings (SSSR count). The molecule has 0 heterocycles. The number of hydrogen-bond donors (Lipinski definition) is 3. The molecule has 114 valence electrons. The van der Waals surface area contributed by atoms with Gasteiger partial charge in [-0.2, -0.15) is 0 Å². The van der Waals surface area contributed by atoms with Gasteiger partial charge in [0.1, 0.15) is 0 Å². The predicted octanol–water partition coefficient (Wildman–Crippen LogP) is 2.26. The van der Waals surface area contributed by atoms with Crippen LogP contribution in [0.2, 0.25) is 0 Å². The van der Waals surface area contributed by atoms with E-state index in [4.69, 9.17) is 5.73 Å². The van der Waals surface area contributed by atoms with Gasteiger partial charge in [0, 0.05) is 5.69 Å². The van der Waals surface area contributed by atoms with Crippen molar-refractivity contribution in [3.05, 3.63) is 29.8 Å². The Kier molecular flexibility index (Phi) is 4.63. The minimum absolute atomic E-state index is 0.199. The zero-order valence-corrected chi connectivity index (χ0v) is 12.3. The summed E-state index contributed by atoms with van der Waals surface area (Å²) in [5, 5.41) is 12.0. The van der Waals surface area contributed by atoms with Crippen LogP contribution in [0.4, 0.5) is 5.69 Å². The van der Waals surface area contributed by atoms with Crippen LogP contribution in [0.15, 0.2) is 24.3 Å². The molecule has 0 saturated heterocycles. The van der Waals surface area contributed by atoms with Gasteiger partial charge in [-0.15, -0.1) is 0 Å². The van der Waals surface area contributed by atoms with Crippen molar-refractivity contribution in [2.75, 3.05) is 5.32 Å². The summed E-state index contributed by atoms with van der Waals surface area (Å²) in [6.07, 6.45) is 3.95. The number of hydrogen-bond acceptors (Lipinski definition) is 3. The summed E-state index contributed by atoms with van der Waals surface area (Å²) in [5.41, 5.74) is 6.55. The molecule has 0 spiro atoms. The molecule has 1 unspecified atom stereocenters. The highest BCUT2D eigenvalue weighted by Gasteiger charge is 2.51. The van der Waals surface area contributed by atoms with Gasteiger partial charge in [-0.25, -0.2) is 0 Å². The zero-order valence-electron chi connectivity index (χ0n) is 12.3. The maximum absolute atomic E-state index is 11.9. The molecule has 5 heteroatoms. The van der Waals surface area contributed by atoms with E-state index in [1.165, 1.54) is 0 Å². The van der Waals surface area contributed by atoms with Gasteiger partial charge in [0.15, 0.2) is 0 Å². The molecular formula is C16H22N2O3. The van der Waals surface area contributed by atoms with Crippen LogP contribution in [-0.2, 0) is 15.0 Å². The van der Waals surface area contributed by atoms with Crippen LogP contribution in [0, 0.1) is 0 Å². The standard InChI is InChI=1S/C16H22N2O3/c1-2-3-4-13(17)14(19)18-12-7-5-11(6-8-12)16(9-10-16)15(20)21/h5-8,13H,2-4,9-10,17H2,1H3,(H,18,19)(H,20,21). The molecule has 4 N–H and O–H groups in total. The smallest absolute Gasteiger partial charge is 0.314 e. The lowest BCUT2D eigenvalue weighted by atomic mass is 9.96. The molecule has 1 fully saturated rings. The fourth-order valence-corrected chi connectivity index (χ4v) is 2.41. The average molecular weight is 290 g/mol. The molecule has 0 radical (unpaired) electrons. The second-order valence-electron chi connectivity index (χ2n) is 5.70. The number of carboxylic acids is 1. The lowest BCUT2D eigenvalue weighted by Crippen LogP contribution is -2.35. The van der Waals surface area contributed by atoms with Gasteiger partial charge in [-0.05, 0) is 37.0 Å². The van der Waals surface area contributed by atoms with E-state index in [0.29, 0.717) is 24.9 Å². The largest absolute Gasteiger partial charge is 0.481 e. The number of nitrogens with two attached hydrogens (primary N) is 1. The molecule has 1 atom stereocenters. The van der Waals surface area contributed by atoms with Crippen molar-refractivity contribution < 1.29 is 14.7 Å². The maximum atomic E-state index is 11.9. The zero-order chi connectivity index (χ0) is 15.5. The first kappa shape index (κ1) is 15.5. The Morgan fingerprint density at radius 3 is 2.43 bits per heavy atom. The van der Waals surface area contributed by atoms with Crippen LogP contribution >= 0.6 is 0 Å². The van der Waals surface area contributed by atoms with Crippen molar-refractivity contribution in [3.63, 3.8) is 0 Å². The summed E-state index contributed by atoms with van der Waals surface area (Å²) in [6.45, 7) is 2.06. The first-order valence-electron chi connectivity index (χ1n) is 7.40. The minimum atomic E-state index is -0.777. The molecule has 1 aliphatic rings. The van der Waals surface area contributed by atoms with Crippen LogP contribution in [0.5, 0.6) is 0 Å². The van der Waals surface area contributed by atoms with Crippen molar-refractivity contribution >= 4 is 17.6 Å². The first-order chi connectivity index (χ1) is 9.99. The van der Waals surface area contributed by atoms with E-state index in [1.54, 1.807) is 24.3 Å². The molecule has 1 saturated carbocycles. The van der Waals surface area contributed by atoms with Crippen molar-refractivity contribution in [1.82, 2.24) is 0 Å². The first-order valence-corrected chi connectivity index (χ1v) is 7.40. The highest BCUT2D eigenvalue weighted by molar-refractivity contribution is 5.94. The molecule has 21 heavy (non-hydrogen) atoms. The SMILES string of the molecule is CCCCC(N)C(=O)Nc1ccc(C2(C(=O)O)CC2)cc1. The van der Waals surface area contributed by atoms with E-state index in [1.807, 2.05) is 0 Å².